The van der Waals surface area contributed by atoms with Crippen LogP contribution in [0.2, 0.25) is 0 Å². The van der Waals surface area contributed by atoms with E-state index in [1.165, 1.54) is 4.31 Å². The monoisotopic (exact) mass is 528 g/mol. The van der Waals surface area contributed by atoms with Crippen molar-refractivity contribution in [3.8, 4) is 6.07 Å². The molecule has 12 heteroatoms. The van der Waals surface area contributed by atoms with Gasteiger partial charge in [-0.05, 0) is 50.9 Å². The summed E-state index contributed by atoms with van der Waals surface area (Å²) in [5.41, 5.74) is -0.234. The number of nitriles is 1. The fraction of sp³-hybridized carbons (Fsp3) is 0.913. The molecule has 0 aromatic rings. The Morgan fingerprint density at radius 2 is 2.06 bits per heavy atom. The molecular formula is C23H40N6O4S2. The van der Waals surface area contributed by atoms with Crippen molar-refractivity contribution in [1.29, 1.82) is 5.26 Å². The number of rotatable bonds is 8. The first-order valence-electron chi connectivity index (χ1n) is 12.9. The maximum Gasteiger partial charge on any atom is 0.279 e. The van der Waals surface area contributed by atoms with Crippen molar-refractivity contribution in [1.82, 2.24) is 25.0 Å². The molecular weight excluding hydrogens is 488 g/mol. The fourth-order valence-electron chi connectivity index (χ4n) is 6.21. The lowest BCUT2D eigenvalue weighted by atomic mass is 9.66. The molecule has 35 heavy (non-hydrogen) atoms. The molecule has 3 heterocycles. The minimum Gasteiger partial charge on any atom is -0.381 e. The molecule has 4 aliphatic rings. The van der Waals surface area contributed by atoms with Crippen LogP contribution in [0, 0.1) is 35.0 Å². The number of amides is 1. The van der Waals surface area contributed by atoms with Crippen LogP contribution in [0.3, 0.4) is 0 Å². The number of fused-ring (bicyclic) bond motifs is 1. The van der Waals surface area contributed by atoms with Crippen molar-refractivity contribution in [3.05, 3.63) is 0 Å². The maximum atomic E-state index is 13.5. The van der Waals surface area contributed by atoms with Crippen LogP contribution >= 0.6 is 11.8 Å². The molecule has 198 valence electrons. The molecule has 3 aliphatic heterocycles. The molecule has 0 aromatic carbocycles. The van der Waals surface area contributed by atoms with Gasteiger partial charge in [-0.3, -0.25) is 10.1 Å². The summed E-state index contributed by atoms with van der Waals surface area (Å²) in [5.74, 6) is 0.199. The Balaban J connectivity index is 1.36. The summed E-state index contributed by atoms with van der Waals surface area (Å²) >= 11 is 1.60. The summed E-state index contributed by atoms with van der Waals surface area (Å²) in [6, 6.07) is 2.77. The quantitative estimate of drug-likeness (QED) is 0.360. The van der Waals surface area contributed by atoms with Crippen molar-refractivity contribution in [2.24, 2.45) is 23.7 Å². The van der Waals surface area contributed by atoms with Crippen molar-refractivity contribution < 1.29 is 17.9 Å². The number of hydrogen-bond acceptors (Lipinski definition) is 8. The van der Waals surface area contributed by atoms with Gasteiger partial charge in [0.1, 0.15) is 5.50 Å². The van der Waals surface area contributed by atoms with E-state index in [1.807, 2.05) is 6.92 Å². The Kier molecular flexibility index (Phi) is 9.00. The van der Waals surface area contributed by atoms with Crippen LogP contribution < -0.4 is 20.7 Å². The number of nitrogens with zero attached hydrogens (tertiary/aromatic N) is 2. The van der Waals surface area contributed by atoms with Crippen molar-refractivity contribution in [3.63, 3.8) is 0 Å². The van der Waals surface area contributed by atoms with E-state index in [1.54, 1.807) is 18.9 Å². The summed E-state index contributed by atoms with van der Waals surface area (Å²) < 4.78 is 34.9. The van der Waals surface area contributed by atoms with Gasteiger partial charge in [0.25, 0.3) is 10.2 Å². The molecule has 0 bridgehead atoms. The number of methoxy groups -OCH3 is 1. The molecule has 0 spiro atoms. The molecule has 4 fully saturated rings. The van der Waals surface area contributed by atoms with E-state index in [0.29, 0.717) is 32.2 Å². The number of thioether (sulfide) groups is 1. The number of ether oxygens (including phenoxy) is 1. The highest BCUT2D eigenvalue weighted by Crippen LogP contribution is 2.42. The average Bonchev–Trinajstić information content (AvgIpc) is 3.41. The Hall–Kier alpha value is -0.940. The molecule has 9 unspecified atom stereocenters. The maximum absolute atomic E-state index is 13.5. The number of carbonyl (C=O) groups is 1. The Bertz CT molecular complexity index is 885. The van der Waals surface area contributed by atoms with Gasteiger partial charge in [0, 0.05) is 56.5 Å². The largest absolute Gasteiger partial charge is 0.381 e. The summed E-state index contributed by atoms with van der Waals surface area (Å²) in [7, 11) is -1.72. The van der Waals surface area contributed by atoms with Crippen LogP contribution in [0.15, 0.2) is 0 Å². The zero-order valence-corrected chi connectivity index (χ0v) is 22.5. The van der Waals surface area contributed by atoms with Crippen LogP contribution in [-0.2, 0) is 19.7 Å². The topological polar surface area (TPSA) is 136 Å². The molecule has 1 saturated carbocycles. The minimum absolute atomic E-state index is 0.0106. The second-order valence-electron chi connectivity index (χ2n) is 10.4. The predicted octanol–water partition coefficient (Wildman–Crippen LogP) is 0.589. The fourth-order valence-corrected chi connectivity index (χ4v) is 9.07. The minimum atomic E-state index is -3.46. The second-order valence-corrected chi connectivity index (χ2v) is 13.5. The average molecular weight is 529 g/mol. The second kappa shape index (κ2) is 11.6. The molecule has 1 aliphatic carbocycles. The lowest BCUT2D eigenvalue weighted by Gasteiger charge is -2.44. The zero-order valence-electron chi connectivity index (χ0n) is 20.9. The normalized spacial score (nSPS) is 40.2. The SMILES string of the molecule is CCCNS(=O)(=O)N1CC2NC(NC(=O)C3CNC(C)CC3C3CC(C#N)CCC3OC)SC2C1. The molecule has 4 N–H and O–H groups in total. The van der Waals surface area contributed by atoms with Crippen molar-refractivity contribution in [2.45, 2.75) is 74.9 Å². The summed E-state index contributed by atoms with van der Waals surface area (Å²) in [6.07, 6.45) is 4.22. The van der Waals surface area contributed by atoms with E-state index in [-0.39, 0.29) is 52.5 Å². The Labute approximate surface area is 213 Å². The van der Waals surface area contributed by atoms with E-state index in [4.69, 9.17) is 4.74 Å². The molecule has 9 atom stereocenters. The van der Waals surface area contributed by atoms with Crippen molar-refractivity contribution >= 4 is 27.9 Å². The van der Waals surface area contributed by atoms with Crippen LogP contribution in [-0.4, -0.2) is 80.9 Å². The molecule has 0 radical (unpaired) electrons. The van der Waals surface area contributed by atoms with Gasteiger partial charge in [0.05, 0.1) is 18.1 Å². The highest BCUT2D eigenvalue weighted by molar-refractivity contribution is 8.00. The van der Waals surface area contributed by atoms with Crippen LogP contribution in [0.1, 0.15) is 46.0 Å². The molecule has 3 saturated heterocycles. The van der Waals surface area contributed by atoms with Gasteiger partial charge < -0.3 is 15.4 Å². The third kappa shape index (κ3) is 6.14. The highest BCUT2D eigenvalue weighted by Gasteiger charge is 2.47. The predicted molar refractivity (Wildman–Crippen MR) is 135 cm³/mol. The van der Waals surface area contributed by atoms with Crippen LogP contribution in [0.5, 0.6) is 0 Å². The van der Waals surface area contributed by atoms with Gasteiger partial charge in [0.15, 0.2) is 0 Å². The lowest BCUT2D eigenvalue weighted by Crippen LogP contribution is -2.55. The standard InChI is InChI=1S/C23H40N6O4S2/c1-4-7-26-35(31,32)29-12-19-21(13-29)34-23(27-19)28-22(30)18-11-25-14(2)8-16(18)17-9-15(10-24)5-6-20(17)33-3/h14-21,23,25-27H,4-9,11-13H2,1-3H3,(H,28,30). The third-order valence-corrected chi connectivity index (χ3v) is 11.0. The van der Waals surface area contributed by atoms with Gasteiger partial charge in [-0.15, -0.1) is 11.8 Å². The smallest absolute Gasteiger partial charge is 0.279 e. The lowest BCUT2D eigenvalue weighted by molar-refractivity contribution is -0.131. The molecule has 1 amide bonds. The van der Waals surface area contributed by atoms with Gasteiger partial charge in [-0.1, -0.05) is 6.92 Å². The third-order valence-electron chi connectivity index (χ3n) is 8.09. The highest BCUT2D eigenvalue weighted by atomic mass is 32.2. The zero-order chi connectivity index (χ0) is 25.2. The molecule has 10 nitrogen and oxygen atoms in total. The number of carbonyl (C=O) groups excluding carboxylic acids is 1. The number of piperidine rings is 1. The first kappa shape index (κ1) is 27.1. The summed E-state index contributed by atoms with van der Waals surface area (Å²) in [5, 5.41) is 19.7. The first-order valence-corrected chi connectivity index (χ1v) is 15.3. The first-order chi connectivity index (χ1) is 16.7. The summed E-state index contributed by atoms with van der Waals surface area (Å²) in [4.78, 5) is 13.5. The van der Waals surface area contributed by atoms with Crippen LogP contribution in [0.4, 0.5) is 0 Å². The number of hydrogen-bond donors (Lipinski definition) is 4. The van der Waals surface area contributed by atoms with Gasteiger partial charge >= 0.3 is 0 Å². The van der Waals surface area contributed by atoms with E-state index in [2.05, 4.69) is 33.7 Å². The number of nitrogens with one attached hydrogen (secondary N) is 4. The Morgan fingerprint density at radius 1 is 1.26 bits per heavy atom. The van der Waals surface area contributed by atoms with Crippen LogP contribution in [0.25, 0.3) is 0 Å². The summed E-state index contributed by atoms with van der Waals surface area (Å²) in [6.45, 7) is 5.97. The molecule has 4 rings (SSSR count). The molecule has 0 aromatic heterocycles. The van der Waals surface area contributed by atoms with E-state index < -0.39 is 10.2 Å². The van der Waals surface area contributed by atoms with Gasteiger partial charge in [-0.2, -0.15) is 18.0 Å². The van der Waals surface area contributed by atoms with Gasteiger partial charge in [-0.25, -0.2) is 4.72 Å². The Morgan fingerprint density at radius 3 is 2.74 bits per heavy atom. The van der Waals surface area contributed by atoms with Crippen molar-refractivity contribution in [2.75, 3.05) is 33.3 Å². The van der Waals surface area contributed by atoms with E-state index in [0.717, 1.165) is 32.1 Å². The van der Waals surface area contributed by atoms with E-state index >= 15 is 0 Å². The van der Waals surface area contributed by atoms with E-state index in [9.17, 15) is 18.5 Å². The van der Waals surface area contributed by atoms with Gasteiger partial charge in [0.2, 0.25) is 5.91 Å².